The van der Waals surface area contributed by atoms with Gasteiger partial charge in [-0.3, -0.25) is 24.5 Å². The second kappa shape index (κ2) is 8.86. The van der Waals surface area contributed by atoms with Crippen molar-refractivity contribution in [3.8, 4) is 0 Å². The van der Waals surface area contributed by atoms with Crippen LogP contribution in [0.2, 0.25) is 0 Å². The molecule has 176 valence electrons. The van der Waals surface area contributed by atoms with Crippen LogP contribution in [-0.2, 0) is 9.53 Å². The van der Waals surface area contributed by atoms with Gasteiger partial charge in [-0.2, -0.15) is 0 Å². The first-order valence-electron chi connectivity index (χ1n) is 10.1. The normalized spacial score (nSPS) is 12.9. The van der Waals surface area contributed by atoms with Gasteiger partial charge in [0, 0.05) is 22.8 Å². The van der Waals surface area contributed by atoms with Crippen LogP contribution in [0.4, 0.5) is 20.2 Å². The lowest BCUT2D eigenvalue weighted by Crippen LogP contribution is -2.31. The predicted molar refractivity (Wildman–Crippen MR) is 116 cm³/mol. The Bertz CT molecular complexity index is 1450. The van der Waals surface area contributed by atoms with Gasteiger partial charge >= 0.3 is 5.97 Å². The highest BCUT2D eigenvalue weighted by Gasteiger charge is 2.39. The number of nitro benzene ring substituents is 1. The topological polar surface area (TPSA) is 133 Å². The number of nitro groups is 1. The number of fused-ring (bicyclic) bond motifs is 2. The molecule has 0 saturated heterocycles. The molecule has 0 fully saturated rings. The summed E-state index contributed by atoms with van der Waals surface area (Å²) in [5.74, 6) is -5.57. The van der Waals surface area contributed by atoms with E-state index in [0.29, 0.717) is 0 Å². The molecule has 1 N–H and O–H groups in total. The van der Waals surface area contributed by atoms with Gasteiger partial charge in [0.05, 0.1) is 10.6 Å². The van der Waals surface area contributed by atoms with Gasteiger partial charge in [0.1, 0.15) is 22.8 Å². The number of amides is 1. The Morgan fingerprint density at radius 1 is 0.971 bits per heavy atom. The molecule has 4 rings (SSSR count). The largest absolute Gasteiger partial charge is 0.449 e. The predicted octanol–water partition coefficient (Wildman–Crippen LogP) is 3.83. The Kier molecular flexibility index (Phi) is 5.91. The molecule has 0 saturated carbocycles. The SMILES string of the molecule is CC(OC(=O)c1ccc2c(c1[N+](=O)[O-])C(=O)c1ccccc1C2=O)C(=O)Nc1cc(F)ccc1F. The van der Waals surface area contributed by atoms with Crippen molar-refractivity contribution in [3.63, 3.8) is 0 Å². The molecule has 0 bridgehead atoms. The van der Waals surface area contributed by atoms with Crippen LogP contribution in [0, 0.1) is 21.7 Å². The first-order chi connectivity index (χ1) is 16.6. The zero-order valence-corrected chi connectivity index (χ0v) is 17.8. The lowest BCUT2D eigenvalue weighted by molar-refractivity contribution is -0.385. The van der Waals surface area contributed by atoms with Crippen LogP contribution in [0.25, 0.3) is 0 Å². The third kappa shape index (κ3) is 4.14. The molecule has 1 unspecified atom stereocenters. The van der Waals surface area contributed by atoms with Crippen LogP contribution >= 0.6 is 0 Å². The number of benzene rings is 3. The molecular weight excluding hydrogens is 466 g/mol. The van der Waals surface area contributed by atoms with E-state index in [1.165, 1.54) is 24.3 Å². The molecule has 1 aliphatic rings. The molecule has 0 heterocycles. The van der Waals surface area contributed by atoms with Gasteiger partial charge in [0.15, 0.2) is 11.9 Å². The lowest BCUT2D eigenvalue weighted by atomic mass is 9.82. The average Bonchev–Trinajstić information content (AvgIpc) is 2.83. The number of carbonyl (C=O) groups excluding carboxylic acids is 4. The first kappa shape index (κ1) is 23.4. The van der Waals surface area contributed by atoms with Crippen molar-refractivity contribution in [2.75, 3.05) is 5.32 Å². The van der Waals surface area contributed by atoms with Crippen molar-refractivity contribution < 1.29 is 37.6 Å². The summed E-state index contributed by atoms with van der Waals surface area (Å²) in [6.07, 6.45) is -1.58. The summed E-state index contributed by atoms with van der Waals surface area (Å²) in [5, 5.41) is 13.9. The summed E-state index contributed by atoms with van der Waals surface area (Å²) < 4.78 is 32.1. The van der Waals surface area contributed by atoms with Gasteiger partial charge in [-0.25, -0.2) is 13.6 Å². The van der Waals surface area contributed by atoms with Crippen LogP contribution in [-0.4, -0.2) is 34.5 Å². The Balaban J connectivity index is 1.65. The molecule has 0 radical (unpaired) electrons. The molecule has 11 heteroatoms. The number of hydrogen-bond acceptors (Lipinski definition) is 7. The summed E-state index contributed by atoms with van der Waals surface area (Å²) in [7, 11) is 0. The van der Waals surface area contributed by atoms with Crippen LogP contribution in [0.15, 0.2) is 54.6 Å². The van der Waals surface area contributed by atoms with Gasteiger partial charge in [0.25, 0.3) is 11.6 Å². The highest BCUT2D eigenvalue weighted by atomic mass is 19.1. The summed E-state index contributed by atoms with van der Waals surface area (Å²) in [6.45, 7) is 1.11. The van der Waals surface area contributed by atoms with Gasteiger partial charge in [0.2, 0.25) is 5.78 Å². The smallest absolute Gasteiger partial charge is 0.345 e. The highest BCUT2D eigenvalue weighted by Crippen LogP contribution is 2.36. The van der Waals surface area contributed by atoms with Gasteiger partial charge in [-0.1, -0.05) is 24.3 Å². The molecule has 3 aromatic rings. The Morgan fingerprint density at radius 3 is 2.29 bits per heavy atom. The monoisotopic (exact) mass is 480 g/mol. The van der Waals surface area contributed by atoms with Gasteiger partial charge in [-0.15, -0.1) is 0 Å². The van der Waals surface area contributed by atoms with Crippen molar-refractivity contribution in [1.29, 1.82) is 0 Å². The van der Waals surface area contributed by atoms with Crippen molar-refractivity contribution >= 4 is 34.8 Å². The zero-order chi connectivity index (χ0) is 25.4. The molecule has 9 nitrogen and oxygen atoms in total. The zero-order valence-electron chi connectivity index (χ0n) is 17.8. The third-order valence-electron chi connectivity index (χ3n) is 5.31. The van der Waals surface area contributed by atoms with Crippen LogP contribution < -0.4 is 5.32 Å². The fourth-order valence-corrected chi connectivity index (χ4v) is 3.63. The number of nitrogens with zero attached hydrogens (tertiary/aromatic N) is 1. The number of ketones is 2. The molecular formula is C24H14F2N2O7. The maximum absolute atomic E-state index is 13.8. The minimum absolute atomic E-state index is 0.0523. The van der Waals surface area contributed by atoms with Gasteiger partial charge < -0.3 is 10.1 Å². The van der Waals surface area contributed by atoms with E-state index in [4.69, 9.17) is 4.74 Å². The summed E-state index contributed by atoms with van der Waals surface area (Å²) in [6, 6.07) is 10.2. The maximum Gasteiger partial charge on any atom is 0.345 e. The summed E-state index contributed by atoms with van der Waals surface area (Å²) in [5.41, 5.74) is -2.89. The molecule has 1 atom stereocenters. The van der Waals surface area contributed by atoms with Gasteiger partial charge in [-0.05, 0) is 31.2 Å². The average molecular weight is 480 g/mol. The number of rotatable bonds is 5. The minimum Gasteiger partial charge on any atom is -0.449 e. The number of halogens is 2. The first-order valence-corrected chi connectivity index (χ1v) is 10.1. The van der Waals surface area contributed by atoms with E-state index in [0.717, 1.165) is 37.3 Å². The number of hydrogen-bond donors (Lipinski definition) is 1. The second-order valence-electron chi connectivity index (χ2n) is 7.51. The molecule has 0 spiro atoms. The molecule has 1 amide bonds. The van der Waals surface area contributed by atoms with E-state index in [2.05, 4.69) is 5.32 Å². The molecule has 0 aliphatic heterocycles. The van der Waals surface area contributed by atoms with Crippen LogP contribution in [0.5, 0.6) is 0 Å². The standard InChI is InChI=1S/C24H14F2N2O7/c1-11(23(31)27-18-10-12(25)6-9-17(18)26)35-24(32)16-8-7-15-19(20(16)28(33)34)22(30)14-5-3-2-4-13(14)21(15)29/h2-11H,1H3,(H,27,31). The Morgan fingerprint density at radius 2 is 1.63 bits per heavy atom. The van der Waals surface area contributed by atoms with E-state index < -0.39 is 68.6 Å². The van der Waals surface area contributed by atoms with E-state index >= 15 is 0 Å². The fraction of sp³-hybridized carbons (Fsp3) is 0.0833. The van der Waals surface area contributed by atoms with E-state index in [-0.39, 0.29) is 16.7 Å². The van der Waals surface area contributed by atoms with Crippen LogP contribution in [0.1, 0.15) is 49.1 Å². The quantitative estimate of drug-likeness (QED) is 0.261. The van der Waals surface area contributed by atoms with Crippen LogP contribution in [0.3, 0.4) is 0 Å². The van der Waals surface area contributed by atoms with Crippen molar-refractivity contribution in [3.05, 3.63) is 104 Å². The van der Waals surface area contributed by atoms with E-state index in [9.17, 15) is 38.1 Å². The lowest BCUT2D eigenvalue weighted by Gasteiger charge is -2.19. The number of carbonyl (C=O) groups is 4. The number of anilines is 1. The highest BCUT2D eigenvalue weighted by molar-refractivity contribution is 6.30. The molecule has 0 aromatic heterocycles. The number of ether oxygens (including phenoxy) is 1. The molecule has 3 aromatic carbocycles. The van der Waals surface area contributed by atoms with Crippen molar-refractivity contribution in [2.45, 2.75) is 13.0 Å². The van der Waals surface area contributed by atoms with Crippen molar-refractivity contribution in [2.24, 2.45) is 0 Å². The third-order valence-corrected chi connectivity index (χ3v) is 5.31. The summed E-state index contributed by atoms with van der Waals surface area (Å²) >= 11 is 0. The Hall–Kier alpha value is -4.80. The van der Waals surface area contributed by atoms with Crippen molar-refractivity contribution in [1.82, 2.24) is 0 Å². The summed E-state index contributed by atoms with van der Waals surface area (Å²) in [4.78, 5) is 61.8. The van der Waals surface area contributed by atoms with E-state index in [1.54, 1.807) is 0 Å². The molecule has 35 heavy (non-hydrogen) atoms. The number of esters is 1. The molecule has 1 aliphatic carbocycles. The second-order valence-corrected chi connectivity index (χ2v) is 7.51. The fourth-order valence-electron chi connectivity index (χ4n) is 3.63. The Labute approximate surface area is 195 Å². The minimum atomic E-state index is -1.58. The van der Waals surface area contributed by atoms with E-state index in [1.807, 2.05) is 0 Å². The number of nitrogens with one attached hydrogen (secondary N) is 1. The maximum atomic E-state index is 13.8.